The number of alkyl halides is 9. The number of hydrogen-bond donors (Lipinski definition) is 0. The van der Waals surface area contributed by atoms with Gasteiger partial charge in [-0.2, -0.15) is 39.5 Å². The van der Waals surface area contributed by atoms with Gasteiger partial charge in [-0.1, -0.05) is 25.0 Å². The third kappa shape index (κ3) is 6.60. The third-order valence-corrected chi connectivity index (χ3v) is 5.50. The number of rotatable bonds is 11. The van der Waals surface area contributed by atoms with Crippen LogP contribution in [0, 0.1) is 0 Å². The largest absolute Gasteiger partial charge is 0.744 e. The summed E-state index contributed by atoms with van der Waals surface area (Å²) in [5.74, 6) is -19.0. The fourth-order valence-corrected chi connectivity index (χ4v) is 3.18. The van der Waals surface area contributed by atoms with Gasteiger partial charge < -0.3 is 9.29 Å². The molecule has 0 heterocycles. The van der Waals surface area contributed by atoms with Gasteiger partial charge in [0.05, 0.1) is 10.5 Å². The van der Waals surface area contributed by atoms with Crippen LogP contribution in [0.5, 0.6) is 0 Å². The minimum Gasteiger partial charge on any atom is -0.744 e. The maximum atomic E-state index is 13.4. The van der Waals surface area contributed by atoms with Crippen LogP contribution in [0.1, 0.15) is 45.4 Å². The summed E-state index contributed by atoms with van der Waals surface area (Å²) in [5, 5.41) is 0. The van der Waals surface area contributed by atoms with Gasteiger partial charge in [-0.25, -0.2) is 8.42 Å². The molecular formula is C17H20F9O4S-. The molecule has 0 amide bonds. The van der Waals surface area contributed by atoms with E-state index in [-0.39, 0.29) is 32.3 Å². The van der Waals surface area contributed by atoms with Crippen LogP contribution in [-0.2, 0) is 14.9 Å². The molecule has 0 radical (unpaired) electrons. The van der Waals surface area contributed by atoms with Crippen LogP contribution >= 0.6 is 0 Å². The summed E-state index contributed by atoms with van der Waals surface area (Å²) in [6.45, 7) is 1.62. The van der Waals surface area contributed by atoms with Crippen molar-refractivity contribution in [2.45, 2.75) is 75.0 Å². The van der Waals surface area contributed by atoms with E-state index < -0.39 is 57.4 Å². The number of hydrogen-bond acceptors (Lipinski definition) is 4. The Hall–Kier alpha value is -1.28. The lowest BCUT2D eigenvalue weighted by Crippen LogP contribution is -2.60. The number of unbranched alkanes of at least 4 members (excludes halogenated alkanes) is 3. The molecule has 4 nitrogen and oxygen atoms in total. The standard InChI is InChI=1S/C17H21F9O4S/c1-13(9-6-12(7-10-13)31(27,28)29)30-11-5-3-2-4-8-14(18,19)15(20,21)16(22,23)17(24,25)26/h6-7,9H,2-5,8,10-11H2,1H3,(H,27,28,29)/p-1. The zero-order chi connectivity index (χ0) is 24.4. The maximum Gasteiger partial charge on any atom is 0.460 e. The summed E-state index contributed by atoms with van der Waals surface area (Å²) < 4.78 is 153. The molecule has 1 rings (SSSR count). The van der Waals surface area contributed by atoms with Gasteiger partial charge in [-0.05, 0) is 32.3 Å². The van der Waals surface area contributed by atoms with Crippen LogP contribution in [0.25, 0.3) is 0 Å². The molecule has 14 heteroatoms. The van der Waals surface area contributed by atoms with Crippen LogP contribution < -0.4 is 0 Å². The van der Waals surface area contributed by atoms with E-state index in [4.69, 9.17) is 4.74 Å². The Balaban J connectivity index is 2.41. The summed E-state index contributed by atoms with van der Waals surface area (Å²) in [6.07, 6.45) is -5.55. The van der Waals surface area contributed by atoms with Crippen molar-refractivity contribution >= 4 is 10.1 Å². The average molecular weight is 491 g/mol. The molecule has 0 N–H and O–H groups in total. The molecule has 0 saturated heterocycles. The Kier molecular flexibility index (Phi) is 8.32. The van der Waals surface area contributed by atoms with E-state index >= 15 is 0 Å². The van der Waals surface area contributed by atoms with Crippen molar-refractivity contribution in [2.24, 2.45) is 0 Å². The average Bonchev–Trinajstić information content (AvgIpc) is 2.59. The molecule has 1 unspecified atom stereocenters. The van der Waals surface area contributed by atoms with E-state index in [1.54, 1.807) is 6.92 Å². The van der Waals surface area contributed by atoms with E-state index in [1.165, 1.54) is 12.2 Å². The van der Waals surface area contributed by atoms with Crippen LogP contribution in [-0.4, -0.2) is 49.1 Å². The topological polar surface area (TPSA) is 66.4 Å². The molecule has 0 aromatic rings. The Morgan fingerprint density at radius 1 is 0.968 bits per heavy atom. The highest BCUT2D eigenvalue weighted by Crippen LogP contribution is 2.54. The number of halogens is 9. The molecule has 1 atom stereocenters. The normalized spacial score (nSPS) is 21.3. The molecule has 0 aromatic carbocycles. The van der Waals surface area contributed by atoms with Gasteiger partial charge in [0.1, 0.15) is 10.1 Å². The third-order valence-electron chi connectivity index (χ3n) is 4.62. The van der Waals surface area contributed by atoms with Crippen molar-refractivity contribution in [3.8, 4) is 0 Å². The lowest BCUT2D eigenvalue weighted by Gasteiger charge is -2.33. The molecule has 0 bridgehead atoms. The molecular weight excluding hydrogens is 471 g/mol. The lowest BCUT2D eigenvalue weighted by molar-refractivity contribution is -0.396. The summed E-state index contributed by atoms with van der Waals surface area (Å²) in [4.78, 5) is -0.414. The van der Waals surface area contributed by atoms with Gasteiger partial charge in [0.2, 0.25) is 0 Å². The fraction of sp³-hybridized carbons (Fsp3) is 0.765. The second-order valence-corrected chi connectivity index (χ2v) is 8.65. The Morgan fingerprint density at radius 2 is 1.52 bits per heavy atom. The van der Waals surface area contributed by atoms with Crippen molar-refractivity contribution in [1.82, 2.24) is 0 Å². The molecule has 0 fully saturated rings. The van der Waals surface area contributed by atoms with Crippen molar-refractivity contribution in [1.29, 1.82) is 0 Å². The van der Waals surface area contributed by atoms with Crippen molar-refractivity contribution < 1.29 is 57.2 Å². The van der Waals surface area contributed by atoms with Crippen LogP contribution in [0.3, 0.4) is 0 Å². The zero-order valence-corrected chi connectivity index (χ0v) is 16.9. The molecule has 0 aromatic heterocycles. The van der Waals surface area contributed by atoms with Gasteiger partial charge in [0, 0.05) is 13.0 Å². The fourth-order valence-electron chi connectivity index (χ4n) is 2.66. The first kappa shape index (κ1) is 27.8. The summed E-state index contributed by atoms with van der Waals surface area (Å²) in [6, 6.07) is 0. The van der Waals surface area contributed by atoms with E-state index in [9.17, 15) is 52.5 Å². The molecule has 0 spiro atoms. The van der Waals surface area contributed by atoms with Crippen LogP contribution in [0.4, 0.5) is 39.5 Å². The highest BCUT2D eigenvalue weighted by Gasteiger charge is 2.81. The van der Waals surface area contributed by atoms with E-state index in [1.807, 2.05) is 0 Å². The number of allylic oxidation sites excluding steroid dienone is 1. The smallest absolute Gasteiger partial charge is 0.460 e. The van der Waals surface area contributed by atoms with Crippen molar-refractivity contribution in [3.63, 3.8) is 0 Å². The molecule has 1 aliphatic carbocycles. The predicted octanol–water partition coefficient (Wildman–Crippen LogP) is 5.57. The zero-order valence-electron chi connectivity index (χ0n) is 16.1. The Morgan fingerprint density at radius 3 is 1.97 bits per heavy atom. The quantitative estimate of drug-likeness (QED) is 0.215. The lowest BCUT2D eigenvalue weighted by atomic mass is 9.97. The minimum absolute atomic E-state index is 0.0346. The molecule has 1 aliphatic rings. The minimum atomic E-state index is -6.87. The molecule has 0 aliphatic heterocycles. The SMILES string of the molecule is CC1(OCCCCCCC(F)(F)C(F)(F)C(F)(F)C(F)(F)F)C=CC(S(=O)(=O)[O-])=CC1. The van der Waals surface area contributed by atoms with Gasteiger partial charge >= 0.3 is 23.9 Å². The van der Waals surface area contributed by atoms with Gasteiger partial charge in [0.15, 0.2) is 0 Å². The van der Waals surface area contributed by atoms with Crippen molar-refractivity contribution in [3.05, 3.63) is 23.1 Å². The summed E-state index contributed by atoms with van der Waals surface area (Å²) in [7, 11) is -4.61. The first-order valence-corrected chi connectivity index (χ1v) is 10.4. The monoisotopic (exact) mass is 491 g/mol. The van der Waals surface area contributed by atoms with Crippen LogP contribution in [0.2, 0.25) is 0 Å². The molecule has 182 valence electrons. The highest BCUT2D eigenvalue weighted by atomic mass is 32.2. The maximum absolute atomic E-state index is 13.4. The Bertz CT molecular complexity index is 788. The second-order valence-electron chi connectivity index (χ2n) is 7.27. The molecule has 31 heavy (non-hydrogen) atoms. The van der Waals surface area contributed by atoms with E-state index in [0.717, 1.165) is 6.08 Å². The summed E-state index contributed by atoms with van der Waals surface area (Å²) >= 11 is 0. The summed E-state index contributed by atoms with van der Waals surface area (Å²) in [5.41, 5.74) is -0.938. The van der Waals surface area contributed by atoms with E-state index in [2.05, 4.69) is 0 Å². The van der Waals surface area contributed by atoms with Gasteiger partial charge in [0.25, 0.3) is 0 Å². The molecule has 0 saturated carbocycles. The predicted molar refractivity (Wildman–Crippen MR) is 89.9 cm³/mol. The van der Waals surface area contributed by atoms with Gasteiger partial charge in [-0.15, -0.1) is 0 Å². The van der Waals surface area contributed by atoms with E-state index in [0.29, 0.717) is 0 Å². The second kappa shape index (κ2) is 9.30. The first-order valence-electron chi connectivity index (χ1n) is 8.96. The first-order chi connectivity index (χ1) is 13.8. The van der Waals surface area contributed by atoms with Crippen molar-refractivity contribution in [2.75, 3.05) is 6.61 Å². The number of ether oxygens (including phenoxy) is 1. The highest BCUT2D eigenvalue weighted by molar-refractivity contribution is 7.89. The van der Waals surface area contributed by atoms with Crippen LogP contribution in [0.15, 0.2) is 23.1 Å². The Labute approximate surface area is 172 Å². The van der Waals surface area contributed by atoms with Gasteiger partial charge in [-0.3, -0.25) is 0 Å².